The number of nitrogens with zero attached hydrogens (tertiary/aromatic N) is 4. The molecular weight excluding hydrogens is 464 g/mol. The zero-order valence-electron chi connectivity index (χ0n) is 21.9. The van der Waals surface area contributed by atoms with Gasteiger partial charge >= 0.3 is 5.97 Å². The number of benzene rings is 3. The lowest BCUT2D eigenvalue weighted by atomic mass is 9.84. The second-order valence-electron chi connectivity index (χ2n) is 10.1. The maximum atomic E-state index is 12.0. The number of carboxylic acid groups (broad SMARTS) is 1. The van der Waals surface area contributed by atoms with Crippen molar-refractivity contribution >= 4 is 17.0 Å². The maximum Gasteiger partial charge on any atom is 0.304 e. The monoisotopic (exact) mass is 498 g/mol. The van der Waals surface area contributed by atoms with E-state index in [0.29, 0.717) is 0 Å². The number of hydrogen-bond acceptors (Lipinski definition) is 5. The van der Waals surface area contributed by atoms with Crippen LogP contribution in [0.4, 0.5) is 0 Å². The maximum absolute atomic E-state index is 12.0. The minimum atomic E-state index is -0.821. The highest BCUT2D eigenvalue weighted by Gasteiger charge is 2.25. The lowest BCUT2D eigenvalue weighted by Crippen LogP contribution is -2.32. The van der Waals surface area contributed by atoms with E-state index in [9.17, 15) is 9.90 Å². The highest BCUT2D eigenvalue weighted by Crippen LogP contribution is 2.35. The summed E-state index contributed by atoms with van der Waals surface area (Å²) in [7, 11) is 1.87. The van der Waals surface area contributed by atoms with Crippen LogP contribution in [0.25, 0.3) is 11.0 Å². The van der Waals surface area contributed by atoms with Crippen LogP contribution < -0.4 is 4.74 Å². The molecule has 3 aromatic carbocycles. The average Bonchev–Trinajstić information content (AvgIpc) is 3.16. The molecule has 1 aliphatic rings. The molecule has 0 aliphatic carbocycles. The Morgan fingerprint density at radius 1 is 1.16 bits per heavy atom. The van der Waals surface area contributed by atoms with Crippen molar-refractivity contribution in [3.63, 3.8) is 0 Å². The summed E-state index contributed by atoms with van der Waals surface area (Å²) in [5.41, 5.74) is 8.33. The Bertz CT molecular complexity index is 1440. The Hall–Kier alpha value is -3.71. The third-order valence-electron chi connectivity index (χ3n) is 7.58. The van der Waals surface area contributed by atoms with Crippen LogP contribution in [-0.4, -0.2) is 43.6 Å². The third-order valence-corrected chi connectivity index (χ3v) is 7.58. The quantitative estimate of drug-likeness (QED) is 0.369. The Morgan fingerprint density at radius 2 is 1.97 bits per heavy atom. The first-order valence-corrected chi connectivity index (χ1v) is 12.9. The molecule has 4 aromatic rings. The smallest absolute Gasteiger partial charge is 0.304 e. The minimum Gasteiger partial charge on any atom is -0.489 e. The highest BCUT2D eigenvalue weighted by atomic mass is 16.5. The van der Waals surface area contributed by atoms with Crippen LogP contribution in [0.5, 0.6) is 5.75 Å². The lowest BCUT2D eigenvalue weighted by molar-refractivity contribution is -0.137. The molecule has 2 atom stereocenters. The van der Waals surface area contributed by atoms with Crippen molar-refractivity contribution in [1.82, 2.24) is 19.9 Å². The SMILES string of the molecule is CCC1CN(Cc2cc([C@@H](CC(=O)O)c3ccc4c(nnn4C)c3C)ccc2C)Cc2ccccc2O1. The second kappa shape index (κ2) is 10.3. The Kier molecular flexibility index (Phi) is 6.98. The molecule has 7 nitrogen and oxygen atoms in total. The van der Waals surface area contributed by atoms with Crippen molar-refractivity contribution in [2.45, 2.75) is 58.7 Å². The largest absolute Gasteiger partial charge is 0.489 e. The molecule has 1 unspecified atom stereocenters. The number of carbonyl (C=O) groups is 1. The number of carboxylic acids is 1. The molecule has 37 heavy (non-hydrogen) atoms. The molecule has 0 radical (unpaired) electrons. The first kappa shape index (κ1) is 25.0. The van der Waals surface area contributed by atoms with E-state index in [0.717, 1.165) is 59.5 Å². The predicted octanol–water partition coefficient (Wildman–Crippen LogP) is 5.36. The number of ether oxygens (including phenoxy) is 1. The van der Waals surface area contributed by atoms with Crippen molar-refractivity contribution in [2.75, 3.05) is 6.54 Å². The molecule has 1 N–H and O–H groups in total. The molecule has 1 aliphatic heterocycles. The normalized spacial score (nSPS) is 16.7. The van der Waals surface area contributed by atoms with Crippen LogP contribution in [0.15, 0.2) is 54.6 Å². The molecule has 7 heteroatoms. The number of aliphatic carboxylic acids is 1. The molecule has 2 heterocycles. The Morgan fingerprint density at radius 3 is 2.76 bits per heavy atom. The van der Waals surface area contributed by atoms with Gasteiger partial charge in [0.05, 0.1) is 11.9 Å². The van der Waals surface area contributed by atoms with E-state index >= 15 is 0 Å². The molecule has 0 spiro atoms. The number of fused-ring (bicyclic) bond motifs is 2. The summed E-state index contributed by atoms with van der Waals surface area (Å²) >= 11 is 0. The fourth-order valence-corrected chi connectivity index (χ4v) is 5.42. The molecule has 1 aromatic heterocycles. The average molecular weight is 499 g/mol. The van der Waals surface area contributed by atoms with Gasteiger partial charge in [0.2, 0.25) is 0 Å². The molecule has 0 bridgehead atoms. The van der Waals surface area contributed by atoms with Crippen molar-refractivity contribution in [3.8, 4) is 5.75 Å². The highest BCUT2D eigenvalue weighted by molar-refractivity contribution is 5.80. The van der Waals surface area contributed by atoms with E-state index in [2.05, 4.69) is 65.5 Å². The van der Waals surface area contributed by atoms with Gasteiger partial charge in [-0.1, -0.05) is 54.6 Å². The van der Waals surface area contributed by atoms with Gasteiger partial charge in [-0.15, -0.1) is 5.10 Å². The summed E-state index contributed by atoms with van der Waals surface area (Å²) in [6.45, 7) is 8.73. The van der Waals surface area contributed by atoms with Gasteiger partial charge < -0.3 is 9.84 Å². The van der Waals surface area contributed by atoms with E-state index in [1.165, 1.54) is 16.7 Å². The molecule has 0 amide bonds. The van der Waals surface area contributed by atoms with Gasteiger partial charge in [-0.25, -0.2) is 4.68 Å². The lowest BCUT2D eigenvalue weighted by Gasteiger charge is -2.25. The molecule has 5 rings (SSSR count). The van der Waals surface area contributed by atoms with Gasteiger partial charge in [-0.3, -0.25) is 9.69 Å². The fraction of sp³-hybridized carbons (Fsp3) is 0.367. The van der Waals surface area contributed by atoms with Crippen molar-refractivity contribution < 1.29 is 14.6 Å². The molecule has 192 valence electrons. The van der Waals surface area contributed by atoms with Gasteiger partial charge in [0, 0.05) is 38.2 Å². The zero-order valence-corrected chi connectivity index (χ0v) is 21.9. The van der Waals surface area contributed by atoms with E-state index in [1.54, 1.807) is 4.68 Å². The number of para-hydroxylation sites is 1. The second-order valence-corrected chi connectivity index (χ2v) is 10.1. The van der Waals surface area contributed by atoms with Gasteiger partial charge in [0.25, 0.3) is 0 Å². The van der Waals surface area contributed by atoms with E-state index < -0.39 is 5.97 Å². The van der Waals surface area contributed by atoms with Gasteiger partial charge in [0.15, 0.2) is 0 Å². The number of hydrogen-bond donors (Lipinski definition) is 1. The summed E-state index contributed by atoms with van der Waals surface area (Å²) in [5.74, 6) is -0.128. The van der Waals surface area contributed by atoms with E-state index in [1.807, 2.05) is 32.2 Å². The summed E-state index contributed by atoms with van der Waals surface area (Å²) in [4.78, 5) is 14.4. The first-order valence-electron chi connectivity index (χ1n) is 12.9. The first-order chi connectivity index (χ1) is 17.8. The van der Waals surface area contributed by atoms with Crippen molar-refractivity contribution in [3.05, 3.63) is 88.0 Å². The summed E-state index contributed by atoms with van der Waals surface area (Å²) in [5, 5.41) is 18.3. The van der Waals surface area contributed by atoms with Gasteiger partial charge in [-0.2, -0.15) is 0 Å². The number of rotatable bonds is 7. The van der Waals surface area contributed by atoms with Crippen LogP contribution in [0, 0.1) is 13.8 Å². The van der Waals surface area contributed by atoms with Gasteiger partial charge in [-0.05, 0) is 60.2 Å². The van der Waals surface area contributed by atoms with Gasteiger partial charge in [0.1, 0.15) is 17.4 Å². The Balaban J connectivity index is 1.50. The van der Waals surface area contributed by atoms with E-state index in [4.69, 9.17) is 4.74 Å². The Labute approximate surface area is 217 Å². The number of aromatic nitrogens is 3. The van der Waals surface area contributed by atoms with Crippen LogP contribution in [0.3, 0.4) is 0 Å². The van der Waals surface area contributed by atoms with Crippen molar-refractivity contribution in [1.29, 1.82) is 0 Å². The zero-order chi connectivity index (χ0) is 26.1. The summed E-state index contributed by atoms with van der Waals surface area (Å²) in [6.07, 6.45) is 1.08. The predicted molar refractivity (Wildman–Crippen MR) is 144 cm³/mol. The molecule has 0 fully saturated rings. The molecule has 0 saturated carbocycles. The third kappa shape index (κ3) is 5.09. The number of aryl methyl sites for hydroxylation is 3. The van der Waals surface area contributed by atoms with Crippen molar-refractivity contribution in [2.24, 2.45) is 7.05 Å². The summed E-state index contributed by atoms with van der Waals surface area (Å²) < 4.78 is 8.04. The van der Waals surface area contributed by atoms with Crippen LogP contribution in [-0.2, 0) is 24.9 Å². The van der Waals surface area contributed by atoms with Crippen LogP contribution in [0.1, 0.15) is 59.1 Å². The topological polar surface area (TPSA) is 80.5 Å². The standard InChI is InChI=1S/C30H34N4O3/c1-5-24-18-34(16-22-8-6-7-9-28(22)37-24)17-23-14-21(11-10-19(23)2)26(15-29(35)36)25-12-13-27-30(20(25)3)31-32-33(27)4/h6-14,24,26H,5,15-18H2,1-4H3,(H,35,36)/t24?,26-/m1/s1. The van der Waals surface area contributed by atoms with Crippen LogP contribution >= 0.6 is 0 Å². The fourth-order valence-electron chi connectivity index (χ4n) is 5.42. The summed E-state index contributed by atoms with van der Waals surface area (Å²) in [6, 6.07) is 18.7. The minimum absolute atomic E-state index is 0.0119. The van der Waals surface area contributed by atoms with E-state index in [-0.39, 0.29) is 18.4 Å². The molecule has 0 saturated heterocycles. The molecular formula is C30H34N4O3. The van der Waals surface area contributed by atoms with Crippen LogP contribution in [0.2, 0.25) is 0 Å².